The van der Waals surface area contributed by atoms with E-state index in [0.717, 1.165) is 19.5 Å². The molecular formula is C36H38ClFN6O5. The van der Waals surface area contributed by atoms with Gasteiger partial charge in [0.05, 0.1) is 35.4 Å². The van der Waals surface area contributed by atoms with E-state index in [-0.39, 0.29) is 30.2 Å². The predicted molar refractivity (Wildman–Crippen MR) is 186 cm³/mol. The van der Waals surface area contributed by atoms with Crippen LogP contribution in [0, 0.1) is 11.7 Å². The molecule has 3 aromatic carbocycles. The number of benzene rings is 3. The first-order valence-electron chi connectivity index (χ1n) is 16.2. The van der Waals surface area contributed by atoms with Crippen molar-refractivity contribution >= 4 is 51.5 Å². The van der Waals surface area contributed by atoms with Gasteiger partial charge in [0.1, 0.15) is 42.7 Å². The first kappa shape index (κ1) is 34.1. The monoisotopic (exact) mass is 688 g/mol. The fourth-order valence-corrected chi connectivity index (χ4v) is 6.12. The van der Waals surface area contributed by atoms with Crippen molar-refractivity contribution in [3.63, 3.8) is 0 Å². The second-order valence-electron chi connectivity index (χ2n) is 11.9. The van der Waals surface area contributed by atoms with Crippen molar-refractivity contribution in [1.82, 2.24) is 19.8 Å². The molecule has 0 spiro atoms. The second kappa shape index (κ2) is 16.1. The van der Waals surface area contributed by atoms with Gasteiger partial charge in [0.25, 0.3) is 0 Å². The Morgan fingerprint density at radius 3 is 2.71 bits per heavy atom. The van der Waals surface area contributed by atoms with Crippen molar-refractivity contribution in [2.24, 2.45) is 5.92 Å². The molecule has 2 aliphatic heterocycles. The lowest BCUT2D eigenvalue weighted by Gasteiger charge is -2.31. The fourth-order valence-electron chi connectivity index (χ4n) is 5.89. The molecule has 0 bridgehead atoms. The summed E-state index contributed by atoms with van der Waals surface area (Å²) in [6.07, 6.45) is 4.11. The maximum atomic E-state index is 13.6. The van der Waals surface area contributed by atoms with Crippen molar-refractivity contribution in [2.75, 3.05) is 63.2 Å². The summed E-state index contributed by atoms with van der Waals surface area (Å²) in [4.78, 5) is 38.7. The number of halogens is 2. The summed E-state index contributed by atoms with van der Waals surface area (Å²) < 4.78 is 31.1. The summed E-state index contributed by atoms with van der Waals surface area (Å²) in [5, 5.41) is 7.38. The van der Waals surface area contributed by atoms with Crippen molar-refractivity contribution in [2.45, 2.75) is 19.4 Å². The number of piperidine rings is 1. The standard InChI is InChI=1S/C36H38ClFN6O5/c1-2-34(45)44-10-4-6-25(21-44)36(46)42-31-19-28-30(20-33(31)48-16-13-43-11-14-47-15-12-43)39-23-40-35(28)41-27-8-9-32(29(37)18-27)49-22-24-5-3-7-26(38)17-24/h2-3,5,7-9,17-20,23,25H,1,4,6,10-16,21-22H2,(H,42,46)(H,39,40,41). The van der Waals surface area contributed by atoms with Crippen LogP contribution in [-0.4, -0.2) is 84.1 Å². The first-order valence-corrected chi connectivity index (χ1v) is 16.6. The number of morpholine rings is 1. The molecule has 3 heterocycles. The number of amides is 2. The number of fused-ring (bicyclic) bond motifs is 1. The van der Waals surface area contributed by atoms with E-state index in [2.05, 4.69) is 32.1 Å². The van der Waals surface area contributed by atoms with Crippen LogP contribution in [0.25, 0.3) is 10.9 Å². The number of rotatable bonds is 12. The number of ether oxygens (including phenoxy) is 3. The lowest BCUT2D eigenvalue weighted by Crippen LogP contribution is -2.43. The van der Waals surface area contributed by atoms with Crippen LogP contribution >= 0.6 is 11.6 Å². The lowest BCUT2D eigenvalue weighted by molar-refractivity contribution is -0.130. The zero-order valence-electron chi connectivity index (χ0n) is 27.0. The Hall–Kier alpha value is -4.78. The van der Waals surface area contributed by atoms with Gasteiger partial charge in [-0.05, 0) is 60.9 Å². The molecule has 2 saturated heterocycles. The molecule has 256 valence electrons. The van der Waals surface area contributed by atoms with Gasteiger partial charge < -0.3 is 29.7 Å². The van der Waals surface area contributed by atoms with Gasteiger partial charge in [-0.15, -0.1) is 0 Å². The van der Waals surface area contributed by atoms with Gasteiger partial charge in [-0.2, -0.15) is 0 Å². The van der Waals surface area contributed by atoms with E-state index in [1.54, 1.807) is 47.4 Å². The molecule has 49 heavy (non-hydrogen) atoms. The quantitative estimate of drug-likeness (QED) is 0.178. The Bertz CT molecular complexity index is 1820. The van der Waals surface area contributed by atoms with Crippen LogP contribution < -0.4 is 20.1 Å². The Labute approximate surface area is 289 Å². The summed E-state index contributed by atoms with van der Waals surface area (Å²) in [6.45, 7) is 8.80. The predicted octanol–water partition coefficient (Wildman–Crippen LogP) is 5.82. The van der Waals surface area contributed by atoms with Crippen LogP contribution in [0.3, 0.4) is 0 Å². The highest BCUT2D eigenvalue weighted by molar-refractivity contribution is 6.32. The highest BCUT2D eigenvalue weighted by atomic mass is 35.5. The third-order valence-electron chi connectivity index (χ3n) is 8.52. The van der Waals surface area contributed by atoms with Gasteiger partial charge in [0.2, 0.25) is 11.8 Å². The summed E-state index contributed by atoms with van der Waals surface area (Å²) >= 11 is 6.56. The largest absolute Gasteiger partial charge is 0.490 e. The molecule has 1 atom stereocenters. The van der Waals surface area contributed by atoms with Crippen molar-refractivity contribution < 1.29 is 28.2 Å². The smallest absolute Gasteiger partial charge is 0.245 e. The third-order valence-corrected chi connectivity index (χ3v) is 8.82. The number of likely N-dealkylation sites (tertiary alicyclic amines) is 1. The van der Waals surface area contributed by atoms with Crippen LogP contribution in [0.2, 0.25) is 5.02 Å². The molecule has 2 fully saturated rings. The fraction of sp³-hybridized carbons (Fsp3) is 0.333. The van der Waals surface area contributed by atoms with E-state index >= 15 is 0 Å². The van der Waals surface area contributed by atoms with E-state index in [9.17, 15) is 14.0 Å². The molecule has 6 rings (SSSR count). The molecule has 13 heteroatoms. The topological polar surface area (TPSA) is 118 Å². The zero-order valence-corrected chi connectivity index (χ0v) is 27.8. The zero-order chi connectivity index (χ0) is 34.2. The summed E-state index contributed by atoms with van der Waals surface area (Å²) in [5.41, 5.74) is 2.42. The van der Waals surface area contributed by atoms with E-state index in [4.69, 9.17) is 25.8 Å². The van der Waals surface area contributed by atoms with Gasteiger partial charge >= 0.3 is 0 Å². The second-order valence-corrected chi connectivity index (χ2v) is 12.3. The van der Waals surface area contributed by atoms with E-state index in [1.807, 2.05) is 0 Å². The number of hydrogen-bond donors (Lipinski definition) is 2. The van der Waals surface area contributed by atoms with Crippen molar-refractivity contribution in [3.8, 4) is 11.5 Å². The summed E-state index contributed by atoms with van der Waals surface area (Å²) in [5.74, 6) is 0.313. The highest BCUT2D eigenvalue weighted by Crippen LogP contribution is 2.35. The summed E-state index contributed by atoms with van der Waals surface area (Å²) in [6, 6.07) is 15.0. The van der Waals surface area contributed by atoms with Crippen LogP contribution in [-0.2, 0) is 20.9 Å². The molecule has 1 unspecified atom stereocenters. The molecule has 11 nitrogen and oxygen atoms in total. The third kappa shape index (κ3) is 8.83. The number of aromatic nitrogens is 2. The number of hydrogen-bond acceptors (Lipinski definition) is 9. The average Bonchev–Trinajstić information content (AvgIpc) is 3.12. The number of nitrogens with zero attached hydrogens (tertiary/aromatic N) is 4. The van der Waals surface area contributed by atoms with Crippen molar-refractivity contribution in [3.05, 3.63) is 90.0 Å². The average molecular weight is 689 g/mol. The molecule has 0 aliphatic carbocycles. The van der Waals surface area contributed by atoms with Crippen LogP contribution in [0.15, 0.2) is 73.6 Å². The minimum atomic E-state index is -0.386. The van der Waals surface area contributed by atoms with E-state index < -0.39 is 0 Å². The Kier molecular flexibility index (Phi) is 11.2. The minimum Gasteiger partial charge on any atom is -0.490 e. The number of anilines is 3. The minimum absolute atomic E-state index is 0.162. The maximum absolute atomic E-state index is 13.6. The number of nitrogens with one attached hydrogen (secondary N) is 2. The normalized spacial score (nSPS) is 16.6. The molecule has 4 aromatic rings. The van der Waals surface area contributed by atoms with Gasteiger partial charge in [-0.3, -0.25) is 14.5 Å². The Morgan fingerprint density at radius 2 is 1.92 bits per heavy atom. The highest BCUT2D eigenvalue weighted by Gasteiger charge is 2.28. The maximum Gasteiger partial charge on any atom is 0.245 e. The molecule has 2 amide bonds. The van der Waals surface area contributed by atoms with Crippen LogP contribution in [0.1, 0.15) is 18.4 Å². The molecule has 0 radical (unpaired) electrons. The van der Waals surface area contributed by atoms with Crippen LogP contribution in [0.4, 0.5) is 21.6 Å². The van der Waals surface area contributed by atoms with Gasteiger partial charge in [0, 0.05) is 49.9 Å². The van der Waals surface area contributed by atoms with E-state index in [0.29, 0.717) is 96.1 Å². The molecule has 1 aromatic heterocycles. The number of carbonyl (C=O) groups is 2. The van der Waals surface area contributed by atoms with E-state index in [1.165, 1.54) is 24.5 Å². The number of carbonyl (C=O) groups excluding carboxylic acids is 2. The van der Waals surface area contributed by atoms with Gasteiger partial charge in [-0.25, -0.2) is 14.4 Å². The molecular weight excluding hydrogens is 651 g/mol. The SMILES string of the molecule is C=CC(=O)N1CCCC(C(=O)Nc2cc3c(Nc4ccc(OCc5cccc(F)c5)c(Cl)c4)ncnc3cc2OCCN2CCOCC2)C1. The first-order chi connectivity index (χ1) is 23.9. The van der Waals surface area contributed by atoms with Crippen LogP contribution in [0.5, 0.6) is 11.5 Å². The summed E-state index contributed by atoms with van der Waals surface area (Å²) in [7, 11) is 0. The molecule has 0 saturated carbocycles. The Morgan fingerprint density at radius 1 is 1.06 bits per heavy atom. The molecule has 2 N–H and O–H groups in total. The van der Waals surface area contributed by atoms with Crippen molar-refractivity contribution in [1.29, 1.82) is 0 Å². The van der Waals surface area contributed by atoms with Gasteiger partial charge in [0.15, 0.2) is 0 Å². The van der Waals surface area contributed by atoms with Gasteiger partial charge in [-0.1, -0.05) is 30.3 Å². The molecule has 2 aliphatic rings. The lowest BCUT2D eigenvalue weighted by atomic mass is 9.97. The Balaban J connectivity index is 1.22.